The monoisotopic (exact) mass is 630 g/mol. The van der Waals surface area contributed by atoms with Crippen LogP contribution in [0.2, 0.25) is 5.02 Å². The minimum absolute atomic E-state index is 0.0898. The highest BCUT2D eigenvalue weighted by molar-refractivity contribution is 6.31. The van der Waals surface area contributed by atoms with Crippen molar-refractivity contribution < 1.29 is 35.1 Å². The van der Waals surface area contributed by atoms with Gasteiger partial charge < -0.3 is 40.2 Å². The number of aryl methyl sites for hydroxylation is 1. The minimum atomic E-state index is -1.75. The molecule has 2 aromatic rings. The largest absolute Gasteiger partial charge is 0.394 e. The van der Waals surface area contributed by atoms with Crippen LogP contribution < -0.4 is 15.1 Å². The Kier molecular flexibility index (Phi) is 10.2. The van der Waals surface area contributed by atoms with E-state index in [4.69, 9.17) is 16.7 Å². The van der Waals surface area contributed by atoms with Crippen molar-refractivity contribution in [3.8, 4) is 0 Å². The summed E-state index contributed by atoms with van der Waals surface area (Å²) < 4.78 is 0. The third-order valence-electron chi connectivity index (χ3n) is 9.01. The predicted octanol–water partition coefficient (Wildman–Crippen LogP) is 0.805. The molecule has 2 amide bonds. The molecule has 0 radical (unpaired) electrons. The van der Waals surface area contributed by atoms with E-state index in [0.717, 1.165) is 41.9 Å². The van der Waals surface area contributed by atoms with Crippen molar-refractivity contribution >= 4 is 34.8 Å². The molecule has 2 aromatic carbocycles. The van der Waals surface area contributed by atoms with Gasteiger partial charge in [0.2, 0.25) is 11.8 Å². The molecular weight excluding hydrogens is 588 g/mol. The maximum atomic E-state index is 13.9. The number of halogens is 1. The zero-order valence-electron chi connectivity index (χ0n) is 25.0. The van der Waals surface area contributed by atoms with Crippen LogP contribution in [0.25, 0.3) is 0 Å². The number of amides is 2. The number of rotatable bonds is 14. The zero-order chi connectivity index (χ0) is 31.6. The Bertz CT molecular complexity index is 1340. The highest BCUT2D eigenvalue weighted by atomic mass is 35.5. The number of aliphatic hydroxyl groups is 5. The first-order valence-corrected chi connectivity index (χ1v) is 15.7. The normalized spacial score (nSPS) is 20.0. The van der Waals surface area contributed by atoms with E-state index < -0.39 is 36.6 Å². The molecule has 11 nitrogen and oxygen atoms in total. The molecular formula is C32H43ClN4O7. The molecule has 0 spiro atoms. The third kappa shape index (κ3) is 7.20. The van der Waals surface area contributed by atoms with E-state index in [-0.39, 0.29) is 24.8 Å². The highest BCUT2D eigenvalue weighted by Crippen LogP contribution is 2.44. The maximum absolute atomic E-state index is 13.9. The highest BCUT2D eigenvalue weighted by Gasteiger charge is 2.52. The molecule has 0 bridgehead atoms. The molecule has 44 heavy (non-hydrogen) atoms. The summed E-state index contributed by atoms with van der Waals surface area (Å²) in [6.45, 7) is 0.861. The Labute approximate surface area is 262 Å². The number of para-hydroxylation sites is 2. The molecule has 1 heterocycles. The molecule has 5 rings (SSSR count). The molecule has 240 valence electrons. The van der Waals surface area contributed by atoms with Gasteiger partial charge in [0.05, 0.1) is 23.5 Å². The van der Waals surface area contributed by atoms with E-state index in [2.05, 4.69) is 16.3 Å². The molecule has 12 heteroatoms. The number of anilines is 2. The summed E-state index contributed by atoms with van der Waals surface area (Å²) in [4.78, 5) is 32.2. The maximum Gasteiger partial charge on any atom is 0.247 e. The number of likely N-dealkylation sites (N-methyl/N-ethyl adjacent to an activating group) is 1. The Balaban J connectivity index is 1.15. The number of nitrogens with one attached hydrogen (secondary N) is 1. The number of carbonyl (C=O) groups is 2. The van der Waals surface area contributed by atoms with Gasteiger partial charge in [-0.2, -0.15) is 0 Å². The van der Waals surface area contributed by atoms with Gasteiger partial charge in [-0.15, -0.1) is 0 Å². The standard InChI is InChI=1S/C32H43ClN4O7/c1-35(18-26(39)29(42)30(43)27(40)19-38)28(41)11-7-20-6-10-23(33)21(16-20)17-34-32(12-13-32)31(44)37-15-14-36(22-8-9-22)24-4-2-3-5-25(24)37/h2-6,10,16,22,26-27,29-30,34,38-40,42-43H,7-9,11-15,17-19H2,1H3/t26-,27+,29+,30-/m0/s1. The van der Waals surface area contributed by atoms with E-state index in [1.807, 2.05) is 35.2 Å². The molecule has 0 unspecified atom stereocenters. The number of benzene rings is 2. The van der Waals surface area contributed by atoms with Crippen LogP contribution in [0.15, 0.2) is 42.5 Å². The summed E-state index contributed by atoms with van der Waals surface area (Å²) in [5.74, 6) is -0.195. The zero-order valence-corrected chi connectivity index (χ0v) is 25.7. The summed E-state index contributed by atoms with van der Waals surface area (Å²) in [7, 11) is 1.47. The van der Waals surface area contributed by atoms with Crippen LogP contribution in [0.4, 0.5) is 11.4 Å². The lowest BCUT2D eigenvalue weighted by molar-refractivity contribution is -0.137. The van der Waals surface area contributed by atoms with Crippen LogP contribution in [0.1, 0.15) is 43.2 Å². The van der Waals surface area contributed by atoms with Gasteiger partial charge in [-0.25, -0.2) is 0 Å². The van der Waals surface area contributed by atoms with Crippen molar-refractivity contribution in [2.75, 3.05) is 43.1 Å². The van der Waals surface area contributed by atoms with Crippen molar-refractivity contribution in [2.24, 2.45) is 0 Å². The van der Waals surface area contributed by atoms with Gasteiger partial charge in [0.25, 0.3) is 0 Å². The second-order valence-electron chi connectivity index (χ2n) is 12.3. The van der Waals surface area contributed by atoms with Gasteiger partial charge in [0.1, 0.15) is 24.4 Å². The van der Waals surface area contributed by atoms with E-state index in [1.165, 1.54) is 24.8 Å². The first kappa shape index (κ1) is 32.6. The molecule has 6 N–H and O–H groups in total. The molecule has 3 aliphatic rings. The number of hydrogen-bond donors (Lipinski definition) is 6. The van der Waals surface area contributed by atoms with E-state index in [0.29, 0.717) is 30.6 Å². The van der Waals surface area contributed by atoms with Gasteiger partial charge in [-0.3, -0.25) is 14.9 Å². The smallest absolute Gasteiger partial charge is 0.247 e. The lowest BCUT2D eigenvalue weighted by atomic mass is 10.0. The number of carbonyl (C=O) groups excluding carboxylic acids is 2. The molecule has 0 aromatic heterocycles. The Morgan fingerprint density at radius 3 is 2.36 bits per heavy atom. The van der Waals surface area contributed by atoms with Crippen molar-refractivity contribution in [1.29, 1.82) is 0 Å². The fourth-order valence-corrected chi connectivity index (χ4v) is 6.07. The van der Waals surface area contributed by atoms with Gasteiger partial charge in [0.15, 0.2) is 0 Å². The number of fused-ring (bicyclic) bond motifs is 1. The number of aliphatic hydroxyl groups excluding tert-OH is 5. The molecule has 1 aliphatic heterocycles. The molecule has 0 saturated heterocycles. The van der Waals surface area contributed by atoms with Crippen LogP contribution in [0.3, 0.4) is 0 Å². The Morgan fingerprint density at radius 2 is 1.70 bits per heavy atom. The van der Waals surface area contributed by atoms with E-state index in [1.54, 1.807) is 6.07 Å². The van der Waals surface area contributed by atoms with Crippen LogP contribution >= 0.6 is 11.6 Å². The van der Waals surface area contributed by atoms with Gasteiger partial charge >= 0.3 is 0 Å². The first-order valence-electron chi connectivity index (χ1n) is 15.3. The average molecular weight is 631 g/mol. The minimum Gasteiger partial charge on any atom is -0.394 e. The average Bonchev–Trinajstić information content (AvgIpc) is 3.97. The fraction of sp³-hybridized carbons (Fsp3) is 0.562. The topological polar surface area (TPSA) is 157 Å². The number of nitrogens with zero attached hydrogens (tertiary/aromatic N) is 3. The van der Waals surface area contributed by atoms with Gasteiger partial charge in [0, 0.05) is 50.7 Å². The Morgan fingerprint density at radius 1 is 1.02 bits per heavy atom. The Hall–Kier alpha value is -2.77. The van der Waals surface area contributed by atoms with Crippen molar-refractivity contribution in [1.82, 2.24) is 10.2 Å². The lowest BCUT2D eigenvalue weighted by Gasteiger charge is -2.39. The summed E-state index contributed by atoms with van der Waals surface area (Å²) >= 11 is 6.53. The third-order valence-corrected chi connectivity index (χ3v) is 9.37. The fourth-order valence-electron chi connectivity index (χ4n) is 5.89. The van der Waals surface area contributed by atoms with Gasteiger partial charge in [-0.1, -0.05) is 35.9 Å². The van der Waals surface area contributed by atoms with E-state index in [9.17, 15) is 30.0 Å². The second-order valence-corrected chi connectivity index (χ2v) is 12.7. The SMILES string of the molecule is CN(C[C@H](O)[C@@H](O)[C@@H](O)[C@H](O)CO)C(=O)CCc1ccc(Cl)c(CNC2(C(=O)N3CCN(C4CC4)c4ccccc43)CC2)c1. The van der Waals surface area contributed by atoms with Crippen LogP contribution in [-0.4, -0.2) is 112 Å². The molecule has 4 atom stereocenters. The molecule has 2 aliphatic carbocycles. The first-order chi connectivity index (χ1) is 21.0. The van der Waals surface area contributed by atoms with Crippen LogP contribution in [0.5, 0.6) is 0 Å². The van der Waals surface area contributed by atoms with Crippen molar-refractivity contribution in [2.45, 2.75) is 81.1 Å². The van der Waals surface area contributed by atoms with Gasteiger partial charge in [-0.05, 0) is 61.4 Å². The predicted molar refractivity (Wildman–Crippen MR) is 166 cm³/mol. The van der Waals surface area contributed by atoms with E-state index >= 15 is 0 Å². The van der Waals surface area contributed by atoms with Crippen LogP contribution in [0, 0.1) is 0 Å². The van der Waals surface area contributed by atoms with Crippen LogP contribution in [-0.2, 0) is 22.6 Å². The lowest BCUT2D eigenvalue weighted by Crippen LogP contribution is -2.53. The summed E-state index contributed by atoms with van der Waals surface area (Å²) in [5.41, 5.74) is 3.19. The van der Waals surface area contributed by atoms with Crippen molar-refractivity contribution in [3.63, 3.8) is 0 Å². The summed E-state index contributed by atoms with van der Waals surface area (Å²) in [6.07, 6.45) is -2.16. The van der Waals surface area contributed by atoms with Crippen molar-refractivity contribution in [3.05, 3.63) is 58.6 Å². The second kappa shape index (κ2) is 13.7. The molecule has 2 fully saturated rings. The number of hydrogen-bond acceptors (Lipinski definition) is 9. The summed E-state index contributed by atoms with van der Waals surface area (Å²) in [5, 5.41) is 52.5. The molecule has 2 saturated carbocycles. The summed E-state index contributed by atoms with van der Waals surface area (Å²) in [6, 6.07) is 14.3. The quantitative estimate of drug-likeness (QED) is 0.178.